The highest BCUT2D eigenvalue weighted by Crippen LogP contribution is 2.38. The Bertz CT molecular complexity index is 1300. The number of benzene rings is 3. The smallest absolute Gasteiger partial charge is 0.328 e. The number of amides is 5. The number of nitrogens with zero attached hydrogens (tertiary/aromatic N) is 2. The molecule has 1 fully saturated rings. The number of rotatable bonds is 9. The predicted molar refractivity (Wildman–Crippen MR) is 140 cm³/mol. The molecule has 1 heterocycles. The van der Waals surface area contributed by atoms with Gasteiger partial charge in [-0.1, -0.05) is 84.9 Å². The van der Waals surface area contributed by atoms with E-state index in [2.05, 4.69) is 10.6 Å². The summed E-state index contributed by atoms with van der Waals surface area (Å²) < 4.78 is 4.70. The van der Waals surface area contributed by atoms with E-state index >= 15 is 0 Å². The minimum atomic E-state index is -1.33. The third-order valence-electron chi connectivity index (χ3n) is 6.63. The van der Waals surface area contributed by atoms with Crippen LogP contribution in [0.2, 0.25) is 0 Å². The van der Waals surface area contributed by atoms with Crippen molar-refractivity contribution in [2.24, 2.45) is 0 Å². The minimum absolute atomic E-state index is 0.185. The van der Waals surface area contributed by atoms with Crippen molar-refractivity contribution in [1.82, 2.24) is 20.4 Å². The standard InChI is InChI=1S/C29H30N4O5/c1-29(24-15-13-22(14-16-24)18-31-27(36)30-17-21-9-5-3-6-10-21)26(35)32(20-25(34)38-2)28(37)33(29)19-23-11-7-4-8-12-23/h3-16H,17-20H2,1-2H3,(H2,30,31,36). The second kappa shape index (κ2) is 11.6. The van der Waals surface area contributed by atoms with Gasteiger partial charge in [0, 0.05) is 19.6 Å². The molecule has 5 amide bonds. The van der Waals surface area contributed by atoms with Crippen LogP contribution in [0.25, 0.3) is 0 Å². The van der Waals surface area contributed by atoms with E-state index in [9.17, 15) is 19.2 Å². The fraction of sp³-hybridized carbons (Fsp3) is 0.241. The average molecular weight is 515 g/mol. The molecule has 0 radical (unpaired) electrons. The summed E-state index contributed by atoms with van der Waals surface area (Å²) >= 11 is 0. The molecule has 3 aromatic rings. The van der Waals surface area contributed by atoms with Crippen molar-refractivity contribution in [3.05, 3.63) is 107 Å². The van der Waals surface area contributed by atoms with Crippen molar-refractivity contribution >= 4 is 23.9 Å². The number of carbonyl (C=O) groups excluding carboxylic acids is 4. The van der Waals surface area contributed by atoms with Crippen LogP contribution in [0.3, 0.4) is 0 Å². The van der Waals surface area contributed by atoms with Gasteiger partial charge in [-0.15, -0.1) is 0 Å². The van der Waals surface area contributed by atoms with E-state index in [0.717, 1.165) is 21.6 Å². The summed E-state index contributed by atoms with van der Waals surface area (Å²) in [4.78, 5) is 53.5. The number of ether oxygens (including phenoxy) is 1. The fourth-order valence-corrected chi connectivity index (χ4v) is 4.38. The molecule has 2 N–H and O–H groups in total. The molecule has 3 aromatic carbocycles. The van der Waals surface area contributed by atoms with E-state index in [4.69, 9.17) is 4.74 Å². The SMILES string of the molecule is COC(=O)CN1C(=O)N(Cc2ccccc2)C(C)(c2ccc(CNC(=O)NCc3ccccc3)cc2)C1=O. The third kappa shape index (κ3) is 5.67. The maximum atomic E-state index is 13.6. The number of hydrogen-bond acceptors (Lipinski definition) is 5. The summed E-state index contributed by atoms with van der Waals surface area (Å²) in [6.07, 6.45) is 0. The van der Waals surface area contributed by atoms with Crippen LogP contribution in [0, 0.1) is 0 Å². The van der Waals surface area contributed by atoms with Crippen LogP contribution in [0.4, 0.5) is 9.59 Å². The maximum absolute atomic E-state index is 13.6. The molecule has 38 heavy (non-hydrogen) atoms. The van der Waals surface area contributed by atoms with Gasteiger partial charge in [-0.25, -0.2) is 9.59 Å². The highest BCUT2D eigenvalue weighted by atomic mass is 16.5. The van der Waals surface area contributed by atoms with E-state index in [0.29, 0.717) is 12.1 Å². The Morgan fingerprint density at radius 3 is 1.87 bits per heavy atom. The second-order valence-electron chi connectivity index (χ2n) is 9.11. The van der Waals surface area contributed by atoms with Gasteiger partial charge in [0.2, 0.25) is 0 Å². The van der Waals surface area contributed by atoms with Crippen LogP contribution in [0.5, 0.6) is 0 Å². The van der Waals surface area contributed by atoms with Gasteiger partial charge in [-0.05, 0) is 29.2 Å². The number of urea groups is 2. The molecule has 0 bridgehead atoms. The van der Waals surface area contributed by atoms with Gasteiger partial charge in [0.05, 0.1) is 7.11 Å². The summed E-state index contributed by atoms with van der Waals surface area (Å²) in [5, 5.41) is 5.63. The lowest BCUT2D eigenvalue weighted by Crippen LogP contribution is -2.44. The molecule has 1 aliphatic heterocycles. The predicted octanol–water partition coefficient (Wildman–Crippen LogP) is 3.54. The first-order valence-electron chi connectivity index (χ1n) is 12.2. The molecule has 1 saturated heterocycles. The molecule has 4 rings (SSSR count). The molecular weight excluding hydrogens is 484 g/mol. The Morgan fingerprint density at radius 1 is 0.789 bits per heavy atom. The van der Waals surface area contributed by atoms with Crippen LogP contribution in [0.15, 0.2) is 84.9 Å². The van der Waals surface area contributed by atoms with Crippen LogP contribution < -0.4 is 10.6 Å². The van der Waals surface area contributed by atoms with E-state index < -0.39 is 30.0 Å². The van der Waals surface area contributed by atoms with Crippen molar-refractivity contribution in [2.75, 3.05) is 13.7 Å². The number of nitrogens with one attached hydrogen (secondary N) is 2. The molecule has 0 aliphatic carbocycles. The Labute approximate surface area is 221 Å². The van der Waals surface area contributed by atoms with Crippen molar-refractivity contribution in [3.63, 3.8) is 0 Å². The van der Waals surface area contributed by atoms with Gasteiger partial charge in [0.15, 0.2) is 0 Å². The molecule has 9 nitrogen and oxygen atoms in total. The largest absolute Gasteiger partial charge is 0.468 e. The average Bonchev–Trinajstić information content (AvgIpc) is 3.13. The number of carbonyl (C=O) groups is 4. The van der Waals surface area contributed by atoms with Gasteiger partial charge in [-0.2, -0.15) is 0 Å². The monoisotopic (exact) mass is 514 g/mol. The van der Waals surface area contributed by atoms with Crippen molar-refractivity contribution < 1.29 is 23.9 Å². The zero-order valence-corrected chi connectivity index (χ0v) is 21.3. The summed E-state index contributed by atoms with van der Waals surface area (Å²) in [5.41, 5.74) is 1.93. The summed E-state index contributed by atoms with van der Waals surface area (Å²) in [6.45, 7) is 2.10. The number of imide groups is 1. The molecule has 9 heteroatoms. The van der Waals surface area contributed by atoms with Gasteiger partial charge >= 0.3 is 18.0 Å². The Balaban J connectivity index is 1.49. The first kappa shape index (κ1) is 26.4. The zero-order chi connectivity index (χ0) is 27.1. The summed E-state index contributed by atoms with van der Waals surface area (Å²) in [5.74, 6) is -1.18. The van der Waals surface area contributed by atoms with E-state index in [-0.39, 0.29) is 19.1 Å². The Morgan fingerprint density at radius 2 is 1.32 bits per heavy atom. The number of esters is 1. The summed E-state index contributed by atoms with van der Waals surface area (Å²) in [7, 11) is 1.21. The Kier molecular flexibility index (Phi) is 8.06. The van der Waals surface area contributed by atoms with E-state index in [1.165, 1.54) is 12.0 Å². The first-order chi connectivity index (χ1) is 18.3. The molecule has 0 saturated carbocycles. The van der Waals surface area contributed by atoms with Crippen LogP contribution in [-0.4, -0.2) is 47.4 Å². The third-order valence-corrected chi connectivity index (χ3v) is 6.63. The minimum Gasteiger partial charge on any atom is -0.468 e. The van der Waals surface area contributed by atoms with Gasteiger partial charge in [0.25, 0.3) is 5.91 Å². The quantitative estimate of drug-likeness (QED) is 0.336. The van der Waals surface area contributed by atoms with Gasteiger partial charge < -0.3 is 20.3 Å². The van der Waals surface area contributed by atoms with Gasteiger partial charge in [0.1, 0.15) is 12.1 Å². The highest BCUT2D eigenvalue weighted by molar-refractivity contribution is 6.08. The molecule has 1 atom stereocenters. The van der Waals surface area contributed by atoms with Crippen molar-refractivity contribution in [3.8, 4) is 0 Å². The lowest BCUT2D eigenvalue weighted by molar-refractivity contribution is -0.145. The van der Waals surface area contributed by atoms with Gasteiger partial charge in [-0.3, -0.25) is 14.5 Å². The molecule has 1 aliphatic rings. The topological polar surface area (TPSA) is 108 Å². The first-order valence-corrected chi connectivity index (χ1v) is 12.2. The molecule has 196 valence electrons. The zero-order valence-electron chi connectivity index (χ0n) is 21.3. The van der Waals surface area contributed by atoms with Crippen LogP contribution in [-0.2, 0) is 39.5 Å². The Hall–Kier alpha value is -4.66. The lowest BCUT2D eigenvalue weighted by atomic mass is 9.89. The number of methoxy groups -OCH3 is 1. The van der Waals surface area contributed by atoms with Crippen LogP contribution >= 0.6 is 0 Å². The molecule has 0 spiro atoms. The van der Waals surface area contributed by atoms with Crippen LogP contribution in [0.1, 0.15) is 29.2 Å². The van der Waals surface area contributed by atoms with Crippen molar-refractivity contribution in [2.45, 2.75) is 32.1 Å². The maximum Gasteiger partial charge on any atom is 0.328 e. The number of hydrogen-bond donors (Lipinski definition) is 2. The molecule has 1 unspecified atom stereocenters. The van der Waals surface area contributed by atoms with E-state index in [1.54, 1.807) is 31.2 Å². The second-order valence-corrected chi connectivity index (χ2v) is 9.11. The molecule has 0 aromatic heterocycles. The van der Waals surface area contributed by atoms with E-state index in [1.807, 2.05) is 60.7 Å². The normalized spacial score (nSPS) is 16.9. The fourth-order valence-electron chi connectivity index (χ4n) is 4.38. The lowest BCUT2D eigenvalue weighted by Gasteiger charge is -2.32. The van der Waals surface area contributed by atoms with Crippen molar-refractivity contribution in [1.29, 1.82) is 0 Å². The highest BCUT2D eigenvalue weighted by Gasteiger charge is 2.55. The molecular formula is C29H30N4O5. The summed E-state index contributed by atoms with van der Waals surface area (Å²) in [6, 6.07) is 25.2.